The molecule has 2 aromatic rings. The third-order valence-electron chi connectivity index (χ3n) is 6.15. The van der Waals surface area contributed by atoms with E-state index in [-0.39, 0.29) is 31.1 Å². The van der Waals surface area contributed by atoms with Crippen LogP contribution in [0, 0.1) is 5.92 Å². The first-order chi connectivity index (χ1) is 15.7. The molecule has 3 unspecified atom stereocenters. The van der Waals surface area contributed by atoms with E-state index >= 15 is 0 Å². The van der Waals surface area contributed by atoms with E-state index in [0.717, 1.165) is 30.0 Å². The van der Waals surface area contributed by atoms with E-state index in [1.54, 1.807) is 19.2 Å². The van der Waals surface area contributed by atoms with Crippen molar-refractivity contribution in [2.45, 2.75) is 44.8 Å². The molecule has 0 spiro atoms. The lowest BCUT2D eigenvalue weighted by molar-refractivity contribution is -0.119. The smallest absolute Gasteiger partial charge is 0.255 e. The number of anilines is 1. The molecule has 0 bridgehead atoms. The largest absolute Gasteiger partial charge is 0.494 e. The van der Waals surface area contributed by atoms with Gasteiger partial charge in [0.15, 0.2) is 0 Å². The van der Waals surface area contributed by atoms with Gasteiger partial charge in [0.25, 0.3) is 5.92 Å². The molecule has 6 nitrogen and oxygen atoms in total. The van der Waals surface area contributed by atoms with Gasteiger partial charge in [0.05, 0.1) is 37.9 Å². The standard InChI is InChI=1S/C25H30F2N2O4/c1-16(28-17(2)30)18-4-6-20(7-5-18)33-22-10-11-29(14-22)23-9-8-21(12-24(23)31-3)32-15-19-13-25(19,26)27/h4-9,12,16,19,22H,10-11,13-15H2,1-3H3,(H,28,30). The van der Waals surface area contributed by atoms with Crippen molar-refractivity contribution in [2.24, 2.45) is 5.92 Å². The number of amides is 1. The van der Waals surface area contributed by atoms with Crippen LogP contribution in [0.1, 0.15) is 38.3 Å². The quantitative estimate of drug-likeness (QED) is 0.594. The molecular weight excluding hydrogens is 430 g/mol. The zero-order chi connectivity index (χ0) is 23.6. The number of halogens is 2. The third-order valence-corrected chi connectivity index (χ3v) is 6.15. The van der Waals surface area contributed by atoms with Crippen molar-refractivity contribution < 1.29 is 27.8 Å². The van der Waals surface area contributed by atoms with Gasteiger partial charge in [-0.3, -0.25) is 4.79 Å². The van der Waals surface area contributed by atoms with Crippen LogP contribution in [0.15, 0.2) is 42.5 Å². The number of carbonyl (C=O) groups excluding carboxylic acids is 1. The van der Waals surface area contributed by atoms with Crippen LogP contribution in [0.4, 0.5) is 14.5 Å². The van der Waals surface area contributed by atoms with Gasteiger partial charge in [0, 0.05) is 32.4 Å². The lowest BCUT2D eigenvalue weighted by Gasteiger charge is -2.22. The molecule has 4 rings (SSSR count). The van der Waals surface area contributed by atoms with Gasteiger partial charge in [-0.25, -0.2) is 8.78 Å². The van der Waals surface area contributed by atoms with E-state index in [1.165, 1.54) is 6.92 Å². The van der Waals surface area contributed by atoms with Crippen LogP contribution in [0.25, 0.3) is 0 Å². The lowest BCUT2D eigenvalue weighted by atomic mass is 10.1. The molecule has 1 aliphatic heterocycles. The number of ether oxygens (including phenoxy) is 3. The molecule has 2 aromatic carbocycles. The monoisotopic (exact) mass is 460 g/mol. The van der Waals surface area contributed by atoms with Crippen LogP contribution in [0.2, 0.25) is 0 Å². The number of hydrogen-bond acceptors (Lipinski definition) is 5. The minimum absolute atomic E-state index is 0.0114. The summed E-state index contributed by atoms with van der Waals surface area (Å²) in [5, 5.41) is 2.87. The van der Waals surface area contributed by atoms with Crippen molar-refractivity contribution in [2.75, 3.05) is 31.7 Å². The van der Waals surface area contributed by atoms with Crippen LogP contribution in [-0.4, -0.2) is 44.7 Å². The van der Waals surface area contributed by atoms with E-state index in [0.29, 0.717) is 18.0 Å². The molecule has 1 saturated carbocycles. The van der Waals surface area contributed by atoms with Crippen LogP contribution in [-0.2, 0) is 4.79 Å². The van der Waals surface area contributed by atoms with Crippen LogP contribution in [0.5, 0.6) is 17.2 Å². The predicted molar refractivity (Wildman–Crippen MR) is 121 cm³/mol. The molecule has 178 valence electrons. The van der Waals surface area contributed by atoms with Crippen molar-refractivity contribution in [1.82, 2.24) is 5.32 Å². The summed E-state index contributed by atoms with van der Waals surface area (Å²) < 4.78 is 43.4. The molecule has 1 heterocycles. The summed E-state index contributed by atoms with van der Waals surface area (Å²) in [6.07, 6.45) is 0.790. The Hall–Kier alpha value is -3.03. The van der Waals surface area contributed by atoms with Gasteiger partial charge in [-0.1, -0.05) is 12.1 Å². The summed E-state index contributed by atoms with van der Waals surface area (Å²) in [7, 11) is 1.59. The second-order valence-electron chi connectivity index (χ2n) is 8.77. The van der Waals surface area contributed by atoms with Gasteiger partial charge in [-0.2, -0.15) is 0 Å². The zero-order valence-electron chi connectivity index (χ0n) is 19.1. The lowest BCUT2D eigenvalue weighted by Crippen LogP contribution is -2.25. The minimum Gasteiger partial charge on any atom is -0.494 e. The van der Waals surface area contributed by atoms with Crippen molar-refractivity contribution in [3.05, 3.63) is 48.0 Å². The molecule has 2 fully saturated rings. The van der Waals surface area contributed by atoms with Gasteiger partial charge in [0.1, 0.15) is 23.4 Å². The van der Waals surface area contributed by atoms with Crippen LogP contribution >= 0.6 is 0 Å². The highest BCUT2D eigenvalue weighted by molar-refractivity contribution is 5.73. The Morgan fingerprint density at radius 2 is 1.91 bits per heavy atom. The molecule has 33 heavy (non-hydrogen) atoms. The topological polar surface area (TPSA) is 60.0 Å². The molecule has 1 saturated heterocycles. The van der Waals surface area contributed by atoms with E-state index in [9.17, 15) is 13.6 Å². The fourth-order valence-electron chi connectivity index (χ4n) is 4.12. The van der Waals surface area contributed by atoms with Gasteiger partial charge in [0.2, 0.25) is 5.91 Å². The Bertz CT molecular complexity index is 983. The first-order valence-electron chi connectivity index (χ1n) is 11.2. The minimum atomic E-state index is -2.58. The maximum absolute atomic E-state index is 13.1. The van der Waals surface area contributed by atoms with E-state index in [4.69, 9.17) is 14.2 Å². The van der Waals surface area contributed by atoms with Gasteiger partial charge in [-0.05, 0) is 36.8 Å². The molecule has 0 aromatic heterocycles. The Balaban J connectivity index is 1.33. The molecule has 8 heteroatoms. The summed E-state index contributed by atoms with van der Waals surface area (Å²) in [4.78, 5) is 13.4. The van der Waals surface area contributed by atoms with E-state index in [2.05, 4.69) is 10.2 Å². The molecule has 1 N–H and O–H groups in total. The first-order valence-corrected chi connectivity index (χ1v) is 11.2. The number of alkyl halides is 2. The van der Waals surface area contributed by atoms with Crippen molar-refractivity contribution in [3.63, 3.8) is 0 Å². The summed E-state index contributed by atoms with van der Waals surface area (Å²) in [5.41, 5.74) is 1.94. The zero-order valence-corrected chi connectivity index (χ0v) is 19.1. The Morgan fingerprint density at radius 1 is 1.21 bits per heavy atom. The molecular formula is C25H30F2N2O4. The third kappa shape index (κ3) is 5.67. The summed E-state index contributed by atoms with van der Waals surface area (Å²) >= 11 is 0. The first kappa shape index (κ1) is 23.1. The highest BCUT2D eigenvalue weighted by atomic mass is 19.3. The van der Waals surface area contributed by atoms with Gasteiger partial charge < -0.3 is 24.4 Å². The van der Waals surface area contributed by atoms with Gasteiger partial charge >= 0.3 is 0 Å². The van der Waals surface area contributed by atoms with E-state index < -0.39 is 11.8 Å². The highest BCUT2D eigenvalue weighted by Crippen LogP contribution is 2.48. The summed E-state index contributed by atoms with van der Waals surface area (Å²) in [5.74, 6) is -1.38. The number of nitrogens with zero attached hydrogens (tertiary/aromatic N) is 1. The Morgan fingerprint density at radius 3 is 2.55 bits per heavy atom. The van der Waals surface area contributed by atoms with E-state index in [1.807, 2.05) is 37.3 Å². The summed E-state index contributed by atoms with van der Waals surface area (Å²) in [6, 6.07) is 13.2. The average molecular weight is 461 g/mol. The predicted octanol–water partition coefficient (Wildman–Crippen LogP) is 4.58. The molecule has 1 aliphatic carbocycles. The number of benzene rings is 2. The number of carbonyl (C=O) groups is 1. The second-order valence-corrected chi connectivity index (χ2v) is 8.77. The van der Waals surface area contributed by atoms with Crippen LogP contribution < -0.4 is 24.4 Å². The van der Waals surface area contributed by atoms with Crippen molar-refractivity contribution >= 4 is 11.6 Å². The molecule has 3 atom stereocenters. The van der Waals surface area contributed by atoms with Crippen molar-refractivity contribution in [3.8, 4) is 17.2 Å². The highest BCUT2D eigenvalue weighted by Gasteiger charge is 2.57. The summed E-state index contributed by atoms with van der Waals surface area (Å²) in [6.45, 7) is 4.97. The average Bonchev–Trinajstić information content (AvgIpc) is 3.16. The molecule has 1 amide bonds. The number of nitrogens with one attached hydrogen (secondary N) is 1. The SMILES string of the molecule is COc1cc(OCC2CC2(F)F)ccc1N1CCC(Oc2ccc(C(C)NC(C)=O)cc2)C1. The number of methoxy groups -OCH3 is 1. The normalized spacial score (nSPS) is 21.9. The Kier molecular flexibility index (Phi) is 6.63. The maximum Gasteiger partial charge on any atom is 0.255 e. The van der Waals surface area contributed by atoms with Crippen LogP contribution in [0.3, 0.4) is 0 Å². The fraction of sp³-hybridized carbons (Fsp3) is 0.480. The maximum atomic E-state index is 13.1. The second kappa shape index (κ2) is 9.45. The number of hydrogen-bond donors (Lipinski definition) is 1. The Labute approximate surface area is 192 Å². The van der Waals surface area contributed by atoms with Crippen molar-refractivity contribution in [1.29, 1.82) is 0 Å². The number of rotatable bonds is 9. The molecule has 2 aliphatic rings. The molecule has 0 radical (unpaired) electrons. The fourth-order valence-corrected chi connectivity index (χ4v) is 4.12. The van der Waals surface area contributed by atoms with Gasteiger partial charge in [-0.15, -0.1) is 0 Å².